The number of Topliss-reactive ketones (excluding diaryl/α,β-unsaturated/α-hetero) is 1. The lowest BCUT2D eigenvalue weighted by atomic mass is 10.1. The third-order valence-corrected chi connectivity index (χ3v) is 5.18. The standard InChI is InChI=1S/C19H18FN3O2S/c1-12-18(13(2)25)26-19(23(12)8-9-24)22-16-6-7-17(21-11-16)14-4-3-5-15(20)10-14/h3-7,10-11,24H,8-9H2,1-2H3. The number of pyridine rings is 1. The molecule has 1 aromatic carbocycles. The number of aliphatic hydroxyl groups is 1. The predicted molar refractivity (Wildman–Crippen MR) is 99.0 cm³/mol. The molecule has 0 aliphatic carbocycles. The number of aromatic nitrogens is 2. The van der Waals surface area contributed by atoms with Gasteiger partial charge in [0.15, 0.2) is 10.6 Å². The number of rotatable bonds is 5. The zero-order chi connectivity index (χ0) is 18.7. The highest BCUT2D eigenvalue weighted by Gasteiger charge is 2.13. The van der Waals surface area contributed by atoms with E-state index in [9.17, 15) is 14.3 Å². The van der Waals surface area contributed by atoms with Crippen LogP contribution in [-0.2, 0) is 6.54 Å². The van der Waals surface area contributed by atoms with Crippen molar-refractivity contribution in [2.24, 2.45) is 4.99 Å². The minimum atomic E-state index is -0.311. The Morgan fingerprint density at radius 2 is 2.15 bits per heavy atom. The van der Waals surface area contributed by atoms with Crippen LogP contribution in [0.15, 0.2) is 47.6 Å². The van der Waals surface area contributed by atoms with Gasteiger partial charge in [-0.25, -0.2) is 9.38 Å². The summed E-state index contributed by atoms with van der Waals surface area (Å²) in [6.07, 6.45) is 1.60. The fraction of sp³-hybridized carbons (Fsp3) is 0.211. The molecule has 0 saturated carbocycles. The summed E-state index contributed by atoms with van der Waals surface area (Å²) in [6, 6.07) is 9.81. The molecule has 0 radical (unpaired) electrons. The highest BCUT2D eigenvalue weighted by molar-refractivity contribution is 7.11. The topological polar surface area (TPSA) is 67.5 Å². The monoisotopic (exact) mass is 371 g/mol. The number of carbonyl (C=O) groups excluding carboxylic acids is 1. The van der Waals surface area contributed by atoms with Gasteiger partial charge in [-0.3, -0.25) is 9.78 Å². The van der Waals surface area contributed by atoms with E-state index in [-0.39, 0.29) is 18.2 Å². The number of carbonyl (C=O) groups is 1. The van der Waals surface area contributed by atoms with Crippen LogP contribution in [0, 0.1) is 12.7 Å². The molecule has 134 valence electrons. The Hall–Kier alpha value is -2.64. The Bertz CT molecular complexity index is 1010. The normalized spacial score (nSPS) is 11.8. The molecule has 2 heterocycles. The Morgan fingerprint density at radius 1 is 1.35 bits per heavy atom. The zero-order valence-corrected chi connectivity index (χ0v) is 15.3. The maximum Gasteiger partial charge on any atom is 0.190 e. The van der Waals surface area contributed by atoms with Crippen LogP contribution in [0.3, 0.4) is 0 Å². The van der Waals surface area contributed by atoms with E-state index >= 15 is 0 Å². The smallest absolute Gasteiger partial charge is 0.190 e. The van der Waals surface area contributed by atoms with Gasteiger partial charge < -0.3 is 9.67 Å². The third-order valence-electron chi connectivity index (χ3n) is 3.89. The number of hydrogen-bond acceptors (Lipinski definition) is 5. The molecule has 0 atom stereocenters. The van der Waals surface area contributed by atoms with Crippen molar-refractivity contribution < 1.29 is 14.3 Å². The third kappa shape index (κ3) is 3.79. The van der Waals surface area contributed by atoms with Crippen molar-refractivity contribution in [1.29, 1.82) is 0 Å². The molecule has 3 aromatic rings. The number of thiazole rings is 1. The second-order valence-electron chi connectivity index (χ2n) is 5.75. The summed E-state index contributed by atoms with van der Waals surface area (Å²) in [4.78, 5) is 21.9. The molecule has 0 amide bonds. The maximum absolute atomic E-state index is 13.3. The summed E-state index contributed by atoms with van der Waals surface area (Å²) >= 11 is 1.29. The largest absolute Gasteiger partial charge is 0.395 e. The molecular formula is C19H18FN3O2S. The summed E-state index contributed by atoms with van der Waals surface area (Å²) in [7, 11) is 0. The number of nitrogens with zero attached hydrogens (tertiary/aromatic N) is 3. The van der Waals surface area contributed by atoms with Crippen molar-refractivity contribution >= 4 is 22.8 Å². The van der Waals surface area contributed by atoms with Crippen LogP contribution < -0.4 is 4.80 Å². The van der Waals surface area contributed by atoms with E-state index in [1.807, 2.05) is 11.5 Å². The number of hydrogen-bond donors (Lipinski definition) is 1. The molecule has 0 spiro atoms. The average molecular weight is 371 g/mol. The van der Waals surface area contributed by atoms with E-state index in [1.54, 1.807) is 30.5 Å². The number of ketones is 1. The highest BCUT2D eigenvalue weighted by atomic mass is 32.1. The van der Waals surface area contributed by atoms with Gasteiger partial charge in [0.25, 0.3) is 0 Å². The average Bonchev–Trinajstić information content (AvgIpc) is 2.92. The molecule has 0 aliphatic heterocycles. The Kier molecular flexibility index (Phi) is 5.39. The van der Waals surface area contributed by atoms with Crippen molar-refractivity contribution in [2.75, 3.05) is 6.61 Å². The minimum absolute atomic E-state index is 0.0276. The first kappa shape index (κ1) is 18.2. The number of benzene rings is 1. The predicted octanol–water partition coefficient (Wildman–Crippen LogP) is 3.49. The van der Waals surface area contributed by atoms with E-state index in [2.05, 4.69) is 9.98 Å². The van der Waals surface area contributed by atoms with Gasteiger partial charge >= 0.3 is 0 Å². The van der Waals surface area contributed by atoms with Crippen LogP contribution in [0.1, 0.15) is 22.3 Å². The SMILES string of the molecule is CC(=O)c1sc(=Nc2ccc(-c3cccc(F)c3)nc2)n(CCO)c1C. The molecule has 5 nitrogen and oxygen atoms in total. The van der Waals surface area contributed by atoms with E-state index in [0.29, 0.717) is 33.2 Å². The van der Waals surface area contributed by atoms with Gasteiger partial charge in [0.05, 0.1) is 29.1 Å². The molecular weight excluding hydrogens is 353 g/mol. The van der Waals surface area contributed by atoms with E-state index in [1.165, 1.54) is 30.4 Å². The van der Waals surface area contributed by atoms with Crippen LogP contribution in [0.4, 0.5) is 10.1 Å². The lowest BCUT2D eigenvalue weighted by Gasteiger charge is -2.04. The van der Waals surface area contributed by atoms with Gasteiger partial charge in [0.1, 0.15) is 5.82 Å². The molecule has 0 saturated heterocycles. The first-order chi connectivity index (χ1) is 12.5. The molecule has 7 heteroatoms. The second kappa shape index (κ2) is 7.72. The lowest BCUT2D eigenvalue weighted by Crippen LogP contribution is -2.18. The summed E-state index contributed by atoms with van der Waals surface area (Å²) < 4.78 is 15.2. The Morgan fingerprint density at radius 3 is 2.77 bits per heavy atom. The highest BCUT2D eigenvalue weighted by Crippen LogP contribution is 2.21. The lowest BCUT2D eigenvalue weighted by molar-refractivity contribution is 0.102. The summed E-state index contributed by atoms with van der Waals surface area (Å²) in [5.74, 6) is -0.339. The van der Waals surface area contributed by atoms with Gasteiger partial charge in [-0.2, -0.15) is 0 Å². The Labute approximate surface area is 154 Å². The van der Waals surface area contributed by atoms with E-state index in [4.69, 9.17) is 0 Å². The van der Waals surface area contributed by atoms with Crippen molar-refractivity contribution in [1.82, 2.24) is 9.55 Å². The molecule has 0 unspecified atom stereocenters. The first-order valence-electron chi connectivity index (χ1n) is 8.08. The van der Waals surface area contributed by atoms with Crippen LogP contribution in [0.25, 0.3) is 11.3 Å². The zero-order valence-electron chi connectivity index (χ0n) is 14.4. The molecule has 0 fully saturated rings. The second-order valence-corrected chi connectivity index (χ2v) is 6.73. The molecule has 3 rings (SSSR count). The first-order valence-corrected chi connectivity index (χ1v) is 8.90. The molecule has 2 aromatic heterocycles. The van der Waals surface area contributed by atoms with Crippen LogP contribution in [0.2, 0.25) is 0 Å². The van der Waals surface area contributed by atoms with Crippen LogP contribution in [-0.4, -0.2) is 27.0 Å². The van der Waals surface area contributed by atoms with Gasteiger partial charge in [-0.1, -0.05) is 23.5 Å². The quantitative estimate of drug-likeness (QED) is 0.698. The fourth-order valence-corrected chi connectivity index (χ4v) is 3.71. The van der Waals surface area contributed by atoms with E-state index < -0.39 is 0 Å². The van der Waals surface area contributed by atoms with Crippen molar-refractivity contribution in [3.8, 4) is 11.3 Å². The van der Waals surface area contributed by atoms with Gasteiger partial charge in [0.2, 0.25) is 0 Å². The van der Waals surface area contributed by atoms with Gasteiger partial charge in [0, 0.05) is 24.7 Å². The van der Waals surface area contributed by atoms with Crippen molar-refractivity contribution in [3.05, 3.63) is 63.8 Å². The van der Waals surface area contributed by atoms with Crippen molar-refractivity contribution in [2.45, 2.75) is 20.4 Å². The number of halogens is 1. The van der Waals surface area contributed by atoms with E-state index in [0.717, 1.165) is 5.69 Å². The molecule has 26 heavy (non-hydrogen) atoms. The van der Waals surface area contributed by atoms with Crippen molar-refractivity contribution in [3.63, 3.8) is 0 Å². The maximum atomic E-state index is 13.3. The van der Waals surface area contributed by atoms with Crippen LogP contribution >= 0.6 is 11.3 Å². The minimum Gasteiger partial charge on any atom is -0.395 e. The summed E-state index contributed by atoms with van der Waals surface area (Å²) in [5, 5.41) is 9.28. The fourth-order valence-electron chi connectivity index (χ4n) is 2.64. The molecule has 0 bridgehead atoms. The Balaban J connectivity index is 2.00. The number of aliphatic hydroxyl groups excluding tert-OH is 1. The van der Waals surface area contributed by atoms with Crippen LogP contribution in [0.5, 0.6) is 0 Å². The molecule has 0 aliphatic rings. The summed E-state index contributed by atoms with van der Waals surface area (Å²) in [5.41, 5.74) is 2.75. The van der Waals surface area contributed by atoms with Gasteiger partial charge in [-0.05, 0) is 31.2 Å². The van der Waals surface area contributed by atoms with Gasteiger partial charge in [-0.15, -0.1) is 0 Å². The summed E-state index contributed by atoms with van der Waals surface area (Å²) in [6.45, 7) is 3.68. The molecule has 1 N–H and O–H groups in total.